The van der Waals surface area contributed by atoms with Crippen LogP contribution in [-0.2, 0) is 10.0 Å². The highest BCUT2D eigenvalue weighted by atomic mass is 32.2. The number of rotatable bonds is 2. The maximum atomic E-state index is 11.8. The van der Waals surface area contributed by atoms with Crippen LogP contribution in [0.1, 0.15) is 27.2 Å². The molecular formula is C8H16N4O2S. The van der Waals surface area contributed by atoms with Gasteiger partial charge in [0.15, 0.2) is 0 Å². The van der Waals surface area contributed by atoms with Crippen LogP contribution in [0.5, 0.6) is 0 Å². The molecule has 0 radical (unpaired) electrons. The van der Waals surface area contributed by atoms with E-state index in [0.29, 0.717) is 6.42 Å². The van der Waals surface area contributed by atoms with Gasteiger partial charge in [0.25, 0.3) is 0 Å². The summed E-state index contributed by atoms with van der Waals surface area (Å²) in [6, 6.07) is -0.189. The monoisotopic (exact) mass is 232 g/mol. The smallest absolute Gasteiger partial charge is 0.212 e. The van der Waals surface area contributed by atoms with E-state index in [0.717, 1.165) is 0 Å². The van der Waals surface area contributed by atoms with Crippen molar-refractivity contribution in [2.24, 2.45) is 5.11 Å². The Bertz CT molecular complexity index is 378. The van der Waals surface area contributed by atoms with E-state index in [4.69, 9.17) is 5.53 Å². The molecule has 0 aromatic carbocycles. The van der Waals surface area contributed by atoms with Gasteiger partial charge in [-0.15, -0.1) is 0 Å². The third-order valence-corrected chi connectivity index (χ3v) is 4.55. The predicted molar refractivity (Wildman–Crippen MR) is 57.8 cm³/mol. The van der Waals surface area contributed by atoms with Crippen LogP contribution in [0.3, 0.4) is 0 Å². The van der Waals surface area contributed by atoms with Crippen molar-refractivity contribution < 1.29 is 8.42 Å². The summed E-state index contributed by atoms with van der Waals surface area (Å²) in [6.07, 6.45) is 0.540. The van der Waals surface area contributed by atoms with Crippen LogP contribution < -0.4 is 0 Å². The van der Waals surface area contributed by atoms with Crippen LogP contribution >= 0.6 is 0 Å². The van der Waals surface area contributed by atoms with Gasteiger partial charge >= 0.3 is 0 Å². The highest BCUT2D eigenvalue weighted by Crippen LogP contribution is 2.30. The molecule has 0 saturated carbocycles. The third-order valence-electron chi connectivity index (χ3n) is 2.36. The molecule has 0 aliphatic carbocycles. The fourth-order valence-electron chi connectivity index (χ4n) is 1.99. The topological polar surface area (TPSA) is 86.1 Å². The lowest BCUT2D eigenvalue weighted by atomic mass is 10.1. The first-order valence-electron chi connectivity index (χ1n) is 4.82. The van der Waals surface area contributed by atoms with Crippen molar-refractivity contribution in [3.63, 3.8) is 0 Å². The minimum Gasteiger partial charge on any atom is -0.212 e. The standard InChI is InChI=1S/C8H16N4O2S/c1-8(2,3)12-7(6-10-11-9)4-5-15(12,13)14/h7H,4-6H2,1-3H3. The number of azide groups is 1. The zero-order valence-corrected chi connectivity index (χ0v) is 10.0. The molecule has 15 heavy (non-hydrogen) atoms. The molecule has 7 heteroatoms. The highest BCUT2D eigenvalue weighted by Gasteiger charge is 2.43. The predicted octanol–water partition coefficient (Wildman–Crippen LogP) is 1.50. The average molecular weight is 232 g/mol. The molecule has 1 unspecified atom stereocenters. The fourth-order valence-corrected chi connectivity index (χ4v) is 4.22. The average Bonchev–Trinajstić information content (AvgIpc) is 2.36. The van der Waals surface area contributed by atoms with Crippen molar-refractivity contribution >= 4 is 10.0 Å². The normalized spacial score (nSPS) is 26.2. The van der Waals surface area contributed by atoms with Crippen molar-refractivity contribution in [2.45, 2.75) is 38.8 Å². The Kier molecular flexibility index (Phi) is 3.28. The molecule has 1 rings (SSSR count). The summed E-state index contributed by atoms with van der Waals surface area (Å²) in [5, 5.41) is 3.46. The Morgan fingerprint density at radius 1 is 1.53 bits per heavy atom. The second kappa shape index (κ2) is 4.00. The highest BCUT2D eigenvalue weighted by molar-refractivity contribution is 7.89. The Hall–Kier alpha value is -0.780. The first-order valence-corrected chi connectivity index (χ1v) is 6.43. The lowest BCUT2D eigenvalue weighted by Gasteiger charge is -2.34. The van der Waals surface area contributed by atoms with Gasteiger partial charge < -0.3 is 0 Å². The van der Waals surface area contributed by atoms with Gasteiger partial charge in [-0.3, -0.25) is 0 Å². The summed E-state index contributed by atoms with van der Waals surface area (Å²) in [5.74, 6) is 0.149. The molecular weight excluding hydrogens is 216 g/mol. The Balaban J connectivity index is 2.97. The van der Waals surface area contributed by atoms with Gasteiger partial charge in [0.2, 0.25) is 10.0 Å². The lowest BCUT2D eigenvalue weighted by Crippen LogP contribution is -2.48. The molecule has 1 aliphatic rings. The molecule has 1 fully saturated rings. The fraction of sp³-hybridized carbons (Fsp3) is 1.00. The molecule has 0 spiro atoms. The molecule has 1 aliphatic heterocycles. The lowest BCUT2D eigenvalue weighted by molar-refractivity contribution is 0.208. The number of sulfonamides is 1. The zero-order chi connectivity index (χ0) is 11.7. The molecule has 0 N–H and O–H groups in total. The van der Waals surface area contributed by atoms with Gasteiger partial charge in [0.1, 0.15) is 0 Å². The van der Waals surface area contributed by atoms with Crippen LogP contribution in [0.15, 0.2) is 5.11 Å². The van der Waals surface area contributed by atoms with Crippen LogP contribution in [0, 0.1) is 0 Å². The second-order valence-electron chi connectivity index (χ2n) is 4.64. The van der Waals surface area contributed by atoms with Gasteiger partial charge in [0, 0.05) is 23.0 Å². The molecule has 0 bridgehead atoms. The van der Waals surface area contributed by atoms with Crippen LogP contribution in [0.2, 0.25) is 0 Å². The van der Waals surface area contributed by atoms with Gasteiger partial charge in [0.05, 0.1) is 5.75 Å². The molecule has 6 nitrogen and oxygen atoms in total. The molecule has 0 aromatic heterocycles. The van der Waals surface area contributed by atoms with E-state index in [-0.39, 0.29) is 18.3 Å². The molecule has 0 amide bonds. The molecule has 1 atom stereocenters. The number of nitrogens with zero attached hydrogens (tertiary/aromatic N) is 4. The van der Waals surface area contributed by atoms with E-state index < -0.39 is 15.6 Å². The molecule has 1 heterocycles. The largest absolute Gasteiger partial charge is 0.214 e. The first kappa shape index (κ1) is 12.3. The van der Waals surface area contributed by atoms with E-state index in [1.165, 1.54) is 4.31 Å². The van der Waals surface area contributed by atoms with Gasteiger partial charge in [-0.1, -0.05) is 5.11 Å². The summed E-state index contributed by atoms with van der Waals surface area (Å²) in [4.78, 5) is 2.67. The molecule has 0 aromatic rings. The Morgan fingerprint density at radius 3 is 2.60 bits per heavy atom. The molecule has 1 saturated heterocycles. The van der Waals surface area contributed by atoms with E-state index >= 15 is 0 Å². The number of hydrogen-bond acceptors (Lipinski definition) is 3. The zero-order valence-electron chi connectivity index (χ0n) is 9.21. The minimum atomic E-state index is -3.17. The molecule has 86 valence electrons. The Labute approximate surface area is 89.9 Å². The first-order chi connectivity index (χ1) is 6.79. The summed E-state index contributed by atoms with van der Waals surface area (Å²) < 4.78 is 25.0. The SMILES string of the molecule is CC(C)(C)N1C(CN=[N+]=[N-])CCS1(=O)=O. The minimum absolute atomic E-state index is 0.149. The van der Waals surface area contributed by atoms with Crippen LogP contribution in [0.4, 0.5) is 0 Å². The van der Waals surface area contributed by atoms with Crippen molar-refractivity contribution in [1.29, 1.82) is 0 Å². The maximum Gasteiger partial charge on any atom is 0.214 e. The van der Waals surface area contributed by atoms with Crippen LogP contribution in [-0.4, -0.2) is 36.6 Å². The summed E-state index contributed by atoms with van der Waals surface area (Å²) >= 11 is 0. The van der Waals surface area contributed by atoms with Crippen molar-refractivity contribution in [3.8, 4) is 0 Å². The third kappa shape index (κ3) is 2.62. The summed E-state index contributed by atoms with van der Waals surface area (Å²) in [7, 11) is -3.17. The van der Waals surface area contributed by atoms with E-state index in [1.54, 1.807) is 0 Å². The summed E-state index contributed by atoms with van der Waals surface area (Å²) in [5.41, 5.74) is 7.78. The maximum absolute atomic E-state index is 11.8. The Morgan fingerprint density at radius 2 is 2.13 bits per heavy atom. The summed E-state index contributed by atoms with van der Waals surface area (Å²) in [6.45, 7) is 5.75. The van der Waals surface area contributed by atoms with Crippen molar-refractivity contribution in [2.75, 3.05) is 12.3 Å². The van der Waals surface area contributed by atoms with E-state index in [2.05, 4.69) is 10.0 Å². The van der Waals surface area contributed by atoms with Crippen molar-refractivity contribution in [3.05, 3.63) is 10.4 Å². The van der Waals surface area contributed by atoms with Gasteiger partial charge in [-0.2, -0.15) is 4.31 Å². The van der Waals surface area contributed by atoms with E-state index in [9.17, 15) is 8.42 Å². The van der Waals surface area contributed by atoms with Crippen molar-refractivity contribution in [1.82, 2.24) is 4.31 Å². The second-order valence-corrected chi connectivity index (χ2v) is 6.60. The van der Waals surface area contributed by atoms with Crippen LogP contribution in [0.25, 0.3) is 10.4 Å². The van der Waals surface area contributed by atoms with E-state index in [1.807, 2.05) is 20.8 Å². The van der Waals surface area contributed by atoms with Gasteiger partial charge in [-0.05, 0) is 32.7 Å². The number of hydrogen-bond donors (Lipinski definition) is 0. The quantitative estimate of drug-likeness (QED) is 0.410. The van der Waals surface area contributed by atoms with Gasteiger partial charge in [-0.25, -0.2) is 8.42 Å².